The molecule has 12 aromatic rings. The topological polar surface area (TPSA) is 6.48 Å². The minimum atomic E-state index is -0.208. The van der Waals surface area contributed by atoms with Crippen LogP contribution in [0.5, 0.6) is 0 Å². The first-order valence-electron chi connectivity index (χ1n) is 29.4. The zero-order valence-corrected chi connectivity index (χ0v) is 48.1. The second kappa shape index (κ2) is 18.4. The summed E-state index contributed by atoms with van der Waals surface area (Å²) in [5.41, 5.74) is 28.4. The molecule has 0 N–H and O–H groups in total. The third kappa shape index (κ3) is 7.40. The van der Waals surface area contributed by atoms with Gasteiger partial charge in [-0.3, -0.25) is 0 Å². The van der Waals surface area contributed by atoms with Crippen molar-refractivity contribution in [2.24, 2.45) is 0 Å². The summed E-state index contributed by atoms with van der Waals surface area (Å²) < 4.78 is 0. The van der Waals surface area contributed by atoms with Gasteiger partial charge in [-0.15, -0.1) is 0 Å². The zero-order chi connectivity index (χ0) is 55.8. The first-order chi connectivity index (χ1) is 39.8. The SMILES string of the molecule is CC(C)c1cc(N(c2ccc3c(c2)C(C)(C)c2ccccc2-3)c2c3ccccc3c(N(c3ccc4c(c3)-c3ccccc3C4(C)C)c3ccc4c(c3)C(C)(C)c3ccccc3-4)c3ccc(-c4ccccc4)cc23)ccc1-c1ccccc1. The van der Waals surface area contributed by atoms with Gasteiger partial charge in [0.1, 0.15) is 0 Å². The molecular weight excluding hydrogens is 989 g/mol. The van der Waals surface area contributed by atoms with Crippen LogP contribution in [0.2, 0.25) is 0 Å². The summed E-state index contributed by atoms with van der Waals surface area (Å²) in [5.74, 6) is 0.259. The lowest BCUT2D eigenvalue weighted by molar-refractivity contribution is 0.660. The molecular formula is C80H66N2. The lowest BCUT2D eigenvalue weighted by atomic mass is 9.82. The summed E-state index contributed by atoms with van der Waals surface area (Å²) in [5, 5.41) is 4.68. The smallest absolute Gasteiger partial charge is 0.0620 e. The fraction of sp³-hybridized carbons (Fsp3) is 0.150. The third-order valence-corrected chi connectivity index (χ3v) is 19.0. The van der Waals surface area contributed by atoms with Crippen LogP contribution in [0.25, 0.3) is 77.2 Å². The molecule has 396 valence electrons. The molecule has 0 aliphatic heterocycles. The molecule has 0 aromatic heterocycles. The molecule has 0 heterocycles. The molecule has 2 heteroatoms. The van der Waals surface area contributed by atoms with E-state index in [1.165, 1.54) is 116 Å². The van der Waals surface area contributed by atoms with E-state index < -0.39 is 0 Å². The summed E-state index contributed by atoms with van der Waals surface area (Å²) in [4.78, 5) is 5.21. The van der Waals surface area contributed by atoms with Crippen molar-refractivity contribution < 1.29 is 0 Å². The molecule has 15 rings (SSSR count). The summed E-state index contributed by atoms with van der Waals surface area (Å²) in [6.45, 7) is 19.0. The first kappa shape index (κ1) is 49.8. The van der Waals surface area contributed by atoms with Crippen LogP contribution in [-0.2, 0) is 16.2 Å². The Labute approximate surface area is 483 Å². The van der Waals surface area contributed by atoms with E-state index in [0.29, 0.717) is 0 Å². The predicted molar refractivity (Wildman–Crippen MR) is 348 cm³/mol. The second-order valence-corrected chi connectivity index (χ2v) is 25.0. The molecule has 0 atom stereocenters. The van der Waals surface area contributed by atoms with Crippen molar-refractivity contribution in [3.05, 3.63) is 288 Å². The monoisotopic (exact) mass is 1050 g/mol. The lowest BCUT2D eigenvalue weighted by Gasteiger charge is -2.34. The van der Waals surface area contributed by atoms with E-state index in [4.69, 9.17) is 0 Å². The Bertz CT molecular complexity index is 4570. The molecule has 0 saturated carbocycles. The van der Waals surface area contributed by atoms with Gasteiger partial charge in [-0.05, 0) is 155 Å². The average Bonchev–Trinajstić information content (AvgIpc) is 3.36. The van der Waals surface area contributed by atoms with Gasteiger partial charge in [-0.2, -0.15) is 0 Å². The molecule has 3 aliphatic carbocycles. The van der Waals surface area contributed by atoms with Gasteiger partial charge < -0.3 is 9.80 Å². The first-order valence-corrected chi connectivity index (χ1v) is 29.4. The Morgan fingerprint density at radius 3 is 1.17 bits per heavy atom. The molecule has 0 radical (unpaired) electrons. The Hall–Kier alpha value is -9.24. The number of anilines is 6. The van der Waals surface area contributed by atoms with E-state index in [-0.39, 0.29) is 22.2 Å². The molecule has 82 heavy (non-hydrogen) atoms. The summed E-state index contributed by atoms with van der Waals surface area (Å²) in [6, 6.07) is 94.5. The Balaban J connectivity index is 1.06. The molecule has 12 aromatic carbocycles. The van der Waals surface area contributed by atoms with Crippen molar-refractivity contribution in [3.63, 3.8) is 0 Å². The standard InChI is InChI=1S/C80H66N2/c1-50(2)67-46-54(36-41-58(67)52-25-13-10-14-26-52)82(57-38-43-63-60-28-18-21-33-71(60)80(7,8)75(63)49-57)77-65-31-16-15-30-64(65)76(66-40-35-53(45-69(66)77)51-23-11-9-12-24-51)81(55-39-44-73-68(47-55)61-29-19-22-34-72(61)78(73,3)4)56-37-42-62-59-27-17-20-32-70(59)79(5,6)74(62)48-56/h9-50H,1-8H3. The Morgan fingerprint density at radius 2 is 0.634 bits per heavy atom. The van der Waals surface area contributed by atoms with E-state index in [9.17, 15) is 0 Å². The highest BCUT2D eigenvalue weighted by Crippen LogP contribution is 2.58. The highest BCUT2D eigenvalue weighted by atomic mass is 15.2. The quantitative estimate of drug-likeness (QED) is 0.105. The van der Waals surface area contributed by atoms with Gasteiger partial charge >= 0.3 is 0 Å². The summed E-state index contributed by atoms with van der Waals surface area (Å²) in [6.07, 6.45) is 0. The van der Waals surface area contributed by atoms with Crippen LogP contribution in [0.15, 0.2) is 249 Å². The maximum absolute atomic E-state index is 2.61. The normalized spacial score (nSPS) is 14.5. The van der Waals surface area contributed by atoms with Gasteiger partial charge in [-0.25, -0.2) is 0 Å². The molecule has 0 unspecified atom stereocenters. The number of hydrogen-bond donors (Lipinski definition) is 0. The van der Waals surface area contributed by atoms with E-state index in [1.807, 2.05) is 0 Å². The van der Waals surface area contributed by atoms with Crippen molar-refractivity contribution in [3.8, 4) is 55.6 Å². The molecule has 3 aliphatic rings. The highest BCUT2D eigenvalue weighted by Gasteiger charge is 2.40. The fourth-order valence-corrected chi connectivity index (χ4v) is 14.8. The van der Waals surface area contributed by atoms with Gasteiger partial charge in [0.2, 0.25) is 0 Å². The highest BCUT2D eigenvalue weighted by molar-refractivity contribution is 6.24. The van der Waals surface area contributed by atoms with Crippen LogP contribution >= 0.6 is 0 Å². The van der Waals surface area contributed by atoms with Crippen molar-refractivity contribution in [2.75, 3.05) is 9.80 Å². The number of benzene rings is 12. The zero-order valence-electron chi connectivity index (χ0n) is 48.1. The second-order valence-electron chi connectivity index (χ2n) is 25.0. The van der Waals surface area contributed by atoms with Crippen molar-refractivity contribution >= 4 is 55.7 Å². The minimum Gasteiger partial charge on any atom is -0.309 e. The average molecular weight is 1060 g/mol. The number of nitrogens with zero attached hydrogens (tertiary/aromatic N) is 2. The van der Waals surface area contributed by atoms with Crippen molar-refractivity contribution in [1.29, 1.82) is 0 Å². The van der Waals surface area contributed by atoms with Crippen LogP contribution in [0, 0.1) is 0 Å². The van der Waals surface area contributed by atoms with E-state index in [0.717, 1.165) is 34.1 Å². The molecule has 0 saturated heterocycles. The van der Waals surface area contributed by atoms with Crippen LogP contribution < -0.4 is 9.80 Å². The van der Waals surface area contributed by atoms with Crippen molar-refractivity contribution in [1.82, 2.24) is 0 Å². The number of rotatable bonds is 9. The largest absolute Gasteiger partial charge is 0.309 e. The summed E-state index contributed by atoms with van der Waals surface area (Å²) in [7, 11) is 0. The molecule has 0 spiro atoms. The number of hydrogen-bond acceptors (Lipinski definition) is 2. The van der Waals surface area contributed by atoms with Crippen LogP contribution in [-0.4, -0.2) is 0 Å². The molecule has 0 amide bonds. The van der Waals surface area contributed by atoms with Crippen LogP contribution in [0.1, 0.15) is 100 Å². The Morgan fingerprint density at radius 1 is 0.256 bits per heavy atom. The molecule has 0 bridgehead atoms. The van der Waals surface area contributed by atoms with Gasteiger partial charge in [0, 0.05) is 60.5 Å². The molecule has 2 nitrogen and oxygen atoms in total. The fourth-order valence-electron chi connectivity index (χ4n) is 14.8. The predicted octanol–water partition coefficient (Wildman–Crippen LogP) is 22.3. The summed E-state index contributed by atoms with van der Waals surface area (Å²) >= 11 is 0. The maximum atomic E-state index is 2.61. The van der Waals surface area contributed by atoms with E-state index in [2.05, 4.69) is 314 Å². The van der Waals surface area contributed by atoms with Gasteiger partial charge in [0.15, 0.2) is 0 Å². The van der Waals surface area contributed by atoms with Gasteiger partial charge in [0.05, 0.1) is 11.4 Å². The van der Waals surface area contributed by atoms with Crippen LogP contribution in [0.3, 0.4) is 0 Å². The molecule has 0 fully saturated rings. The van der Waals surface area contributed by atoms with E-state index >= 15 is 0 Å². The maximum Gasteiger partial charge on any atom is 0.0620 e. The van der Waals surface area contributed by atoms with Gasteiger partial charge in [-0.1, -0.05) is 250 Å². The van der Waals surface area contributed by atoms with Gasteiger partial charge in [0.25, 0.3) is 0 Å². The minimum absolute atomic E-state index is 0.138. The lowest BCUT2D eigenvalue weighted by Crippen LogP contribution is -2.18. The third-order valence-electron chi connectivity index (χ3n) is 19.0. The van der Waals surface area contributed by atoms with Crippen LogP contribution in [0.4, 0.5) is 34.1 Å². The van der Waals surface area contributed by atoms with E-state index in [1.54, 1.807) is 0 Å². The Kier molecular flexibility index (Phi) is 11.2. The number of fused-ring (bicyclic) bond motifs is 11. The van der Waals surface area contributed by atoms with Crippen molar-refractivity contribution in [2.45, 2.75) is 77.6 Å².